The van der Waals surface area contributed by atoms with Gasteiger partial charge in [-0.05, 0) is 46.3 Å². The number of halogens is 1. The highest BCUT2D eigenvalue weighted by atomic mass is 79.9. The molecular weight excluding hydrogens is 392 g/mol. The van der Waals surface area contributed by atoms with Crippen LogP contribution in [0.3, 0.4) is 0 Å². The van der Waals surface area contributed by atoms with Crippen LogP contribution in [0.2, 0.25) is 0 Å². The van der Waals surface area contributed by atoms with E-state index in [2.05, 4.69) is 20.7 Å². The monoisotopic (exact) mass is 408 g/mol. The number of ether oxygens (including phenoxy) is 4. The molecule has 0 aliphatic rings. The lowest BCUT2D eigenvalue weighted by Gasteiger charge is -2.11. The molecule has 0 aliphatic carbocycles. The molecule has 0 bridgehead atoms. The Labute approximate surface area is 153 Å². The second-order valence-electron chi connectivity index (χ2n) is 4.86. The molecule has 132 valence electrons. The first-order chi connectivity index (χ1) is 12.1. The van der Waals surface area contributed by atoms with Gasteiger partial charge in [-0.15, -0.1) is 0 Å². The summed E-state index contributed by atoms with van der Waals surface area (Å²) in [5, 5.41) is 0. The van der Waals surface area contributed by atoms with Gasteiger partial charge in [0.1, 0.15) is 23.7 Å². The number of hydrogen-bond donors (Lipinski definition) is 0. The molecule has 0 saturated carbocycles. The fraction of sp³-hybridized carbons (Fsp3) is 0.222. The largest absolute Gasteiger partial charge is 0.490 e. The predicted octanol–water partition coefficient (Wildman–Crippen LogP) is 3.48. The van der Waals surface area contributed by atoms with Crippen molar-refractivity contribution in [2.24, 2.45) is 0 Å². The van der Waals surface area contributed by atoms with Crippen molar-refractivity contribution in [2.75, 3.05) is 27.4 Å². The molecule has 6 nitrogen and oxygen atoms in total. The van der Waals surface area contributed by atoms with Gasteiger partial charge >= 0.3 is 11.9 Å². The van der Waals surface area contributed by atoms with Gasteiger partial charge in [-0.2, -0.15) is 0 Å². The predicted molar refractivity (Wildman–Crippen MR) is 94.3 cm³/mol. The van der Waals surface area contributed by atoms with E-state index in [0.29, 0.717) is 29.0 Å². The van der Waals surface area contributed by atoms with E-state index in [1.807, 2.05) is 0 Å². The van der Waals surface area contributed by atoms with Crippen molar-refractivity contribution in [3.63, 3.8) is 0 Å². The third-order valence-electron chi connectivity index (χ3n) is 3.21. The third kappa shape index (κ3) is 5.04. The highest BCUT2D eigenvalue weighted by Gasteiger charge is 2.17. The van der Waals surface area contributed by atoms with Gasteiger partial charge in [0, 0.05) is 7.11 Å². The first kappa shape index (κ1) is 19.0. The van der Waals surface area contributed by atoms with Crippen molar-refractivity contribution in [3.05, 3.63) is 58.1 Å². The van der Waals surface area contributed by atoms with Crippen LogP contribution < -0.4 is 9.47 Å². The van der Waals surface area contributed by atoms with Crippen molar-refractivity contribution in [2.45, 2.75) is 0 Å². The first-order valence-electron chi connectivity index (χ1n) is 7.37. The molecule has 0 fully saturated rings. The van der Waals surface area contributed by atoms with Gasteiger partial charge in [-0.25, -0.2) is 9.59 Å². The molecule has 0 spiro atoms. The van der Waals surface area contributed by atoms with Crippen LogP contribution in [-0.4, -0.2) is 39.4 Å². The summed E-state index contributed by atoms with van der Waals surface area (Å²) in [6.07, 6.45) is 0. The molecule has 0 amide bonds. The fourth-order valence-corrected chi connectivity index (χ4v) is 2.47. The summed E-state index contributed by atoms with van der Waals surface area (Å²) in [5.41, 5.74) is 0.488. The van der Waals surface area contributed by atoms with Crippen LogP contribution in [0.1, 0.15) is 20.7 Å². The number of para-hydroxylation sites is 1. The summed E-state index contributed by atoms with van der Waals surface area (Å²) in [5.74, 6) is -0.452. The molecule has 2 aromatic rings. The van der Waals surface area contributed by atoms with Crippen LogP contribution in [0.15, 0.2) is 46.9 Å². The molecule has 7 heteroatoms. The standard InChI is InChI=1S/C18H17BrO6/c1-22-9-10-24-16-8-7-12(11-14(16)19)17(20)25-15-6-4-3-5-13(15)18(21)23-2/h3-8,11H,9-10H2,1-2H3. The minimum Gasteiger partial charge on any atom is -0.490 e. The van der Waals surface area contributed by atoms with Gasteiger partial charge in [0.25, 0.3) is 0 Å². The average Bonchev–Trinajstić information content (AvgIpc) is 2.63. The molecule has 0 saturated heterocycles. The molecule has 0 aromatic heterocycles. The smallest absolute Gasteiger partial charge is 0.343 e. The molecule has 0 radical (unpaired) electrons. The van der Waals surface area contributed by atoms with Crippen LogP contribution in [0.5, 0.6) is 11.5 Å². The molecule has 0 aliphatic heterocycles. The normalized spacial score (nSPS) is 10.2. The van der Waals surface area contributed by atoms with Gasteiger partial charge in [-0.1, -0.05) is 12.1 Å². The number of carbonyl (C=O) groups is 2. The molecule has 0 N–H and O–H groups in total. The second-order valence-corrected chi connectivity index (χ2v) is 5.72. The van der Waals surface area contributed by atoms with Crippen LogP contribution >= 0.6 is 15.9 Å². The maximum Gasteiger partial charge on any atom is 0.343 e. The van der Waals surface area contributed by atoms with Crippen LogP contribution in [0.25, 0.3) is 0 Å². The quantitative estimate of drug-likeness (QED) is 0.396. The number of hydrogen-bond acceptors (Lipinski definition) is 6. The Balaban J connectivity index is 2.14. The van der Waals surface area contributed by atoms with Gasteiger partial charge < -0.3 is 18.9 Å². The van der Waals surface area contributed by atoms with Crippen LogP contribution in [0, 0.1) is 0 Å². The van der Waals surface area contributed by atoms with E-state index in [9.17, 15) is 9.59 Å². The van der Waals surface area contributed by atoms with E-state index < -0.39 is 11.9 Å². The number of rotatable bonds is 7. The summed E-state index contributed by atoms with van der Waals surface area (Å²) >= 11 is 3.35. The van der Waals surface area contributed by atoms with E-state index in [1.54, 1.807) is 37.4 Å². The lowest BCUT2D eigenvalue weighted by Crippen LogP contribution is -2.12. The molecule has 0 atom stereocenters. The van der Waals surface area contributed by atoms with E-state index in [1.165, 1.54) is 19.2 Å². The second kappa shape index (κ2) is 9.19. The Morgan fingerprint density at radius 3 is 2.40 bits per heavy atom. The Morgan fingerprint density at radius 1 is 0.960 bits per heavy atom. The van der Waals surface area contributed by atoms with Crippen LogP contribution in [-0.2, 0) is 9.47 Å². The van der Waals surface area contributed by atoms with Crippen molar-refractivity contribution >= 4 is 27.9 Å². The average molecular weight is 409 g/mol. The zero-order valence-corrected chi connectivity index (χ0v) is 15.4. The minimum atomic E-state index is -0.597. The first-order valence-corrected chi connectivity index (χ1v) is 8.17. The van der Waals surface area contributed by atoms with Crippen molar-refractivity contribution in [3.8, 4) is 11.5 Å². The highest BCUT2D eigenvalue weighted by molar-refractivity contribution is 9.10. The number of methoxy groups -OCH3 is 2. The van der Waals surface area contributed by atoms with Gasteiger partial charge in [0.15, 0.2) is 0 Å². The number of carbonyl (C=O) groups excluding carboxylic acids is 2. The van der Waals surface area contributed by atoms with Crippen LogP contribution in [0.4, 0.5) is 0 Å². The minimum absolute atomic E-state index is 0.135. The molecular formula is C18H17BrO6. The molecule has 0 heterocycles. The van der Waals surface area contributed by atoms with E-state index in [0.717, 1.165) is 0 Å². The van der Waals surface area contributed by atoms with Gasteiger partial charge in [-0.3, -0.25) is 0 Å². The molecule has 0 unspecified atom stereocenters. The maximum atomic E-state index is 12.3. The fourth-order valence-electron chi connectivity index (χ4n) is 1.97. The lowest BCUT2D eigenvalue weighted by molar-refractivity contribution is 0.0593. The summed E-state index contributed by atoms with van der Waals surface area (Å²) in [7, 11) is 2.85. The van der Waals surface area contributed by atoms with Crippen molar-refractivity contribution < 1.29 is 28.5 Å². The molecule has 25 heavy (non-hydrogen) atoms. The summed E-state index contributed by atoms with van der Waals surface area (Å²) < 4.78 is 21.0. The third-order valence-corrected chi connectivity index (χ3v) is 3.83. The number of benzene rings is 2. The Kier molecular flexibility index (Phi) is 6.97. The number of esters is 2. The highest BCUT2D eigenvalue weighted by Crippen LogP contribution is 2.27. The Hall–Kier alpha value is -2.38. The topological polar surface area (TPSA) is 71.1 Å². The molecule has 2 rings (SSSR count). The Morgan fingerprint density at radius 2 is 1.72 bits per heavy atom. The Bertz CT molecular complexity index is 759. The van der Waals surface area contributed by atoms with Crippen molar-refractivity contribution in [1.82, 2.24) is 0 Å². The lowest BCUT2D eigenvalue weighted by atomic mass is 10.2. The SMILES string of the molecule is COCCOc1ccc(C(=O)Oc2ccccc2C(=O)OC)cc1Br. The van der Waals surface area contributed by atoms with Gasteiger partial charge in [0.2, 0.25) is 0 Å². The van der Waals surface area contributed by atoms with E-state index >= 15 is 0 Å². The zero-order chi connectivity index (χ0) is 18.2. The zero-order valence-electron chi connectivity index (χ0n) is 13.8. The summed E-state index contributed by atoms with van der Waals surface area (Å²) in [6.45, 7) is 0.853. The summed E-state index contributed by atoms with van der Waals surface area (Å²) in [4.78, 5) is 24.1. The molecule has 2 aromatic carbocycles. The van der Waals surface area contributed by atoms with Gasteiger partial charge in [0.05, 0.1) is 23.8 Å². The van der Waals surface area contributed by atoms with E-state index in [-0.39, 0.29) is 11.3 Å². The van der Waals surface area contributed by atoms with Crippen molar-refractivity contribution in [1.29, 1.82) is 0 Å². The summed E-state index contributed by atoms with van der Waals surface area (Å²) in [6, 6.07) is 11.2. The maximum absolute atomic E-state index is 12.3. The van der Waals surface area contributed by atoms with E-state index in [4.69, 9.17) is 14.2 Å².